The molecule has 21 heavy (non-hydrogen) atoms. The quantitative estimate of drug-likeness (QED) is 0.893. The molecule has 7 heteroatoms. The van der Waals surface area contributed by atoms with Crippen molar-refractivity contribution in [1.29, 1.82) is 0 Å². The number of benzene rings is 1. The summed E-state index contributed by atoms with van der Waals surface area (Å²) in [7, 11) is -2.09. The van der Waals surface area contributed by atoms with E-state index in [1.807, 2.05) is 0 Å². The molecule has 0 saturated carbocycles. The van der Waals surface area contributed by atoms with Gasteiger partial charge in [0.25, 0.3) is 0 Å². The predicted octanol–water partition coefficient (Wildman–Crippen LogP) is 1.88. The van der Waals surface area contributed by atoms with Gasteiger partial charge < -0.3 is 9.84 Å². The van der Waals surface area contributed by atoms with Gasteiger partial charge in [-0.15, -0.1) is 0 Å². The molecule has 0 amide bonds. The molecule has 0 radical (unpaired) electrons. The van der Waals surface area contributed by atoms with Gasteiger partial charge in [-0.05, 0) is 36.5 Å². The van der Waals surface area contributed by atoms with Crippen molar-refractivity contribution >= 4 is 21.6 Å². The maximum Gasteiger partial charge on any atom is 0.244 e. The van der Waals surface area contributed by atoms with Crippen LogP contribution in [0.4, 0.5) is 0 Å². The van der Waals surface area contributed by atoms with Gasteiger partial charge in [0.2, 0.25) is 10.0 Å². The highest BCUT2D eigenvalue weighted by molar-refractivity contribution is 7.89. The van der Waals surface area contributed by atoms with Gasteiger partial charge in [0.05, 0.1) is 11.6 Å². The van der Waals surface area contributed by atoms with E-state index in [0.29, 0.717) is 31.2 Å². The van der Waals surface area contributed by atoms with E-state index in [1.165, 1.54) is 16.4 Å². The predicted molar refractivity (Wildman–Crippen MR) is 80.7 cm³/mol. The molecule has 1 N–H and O–H groups in total. The summed E-state index contributed by atoms with van der Waals surface area (Å²) in [6.45, 7) is 1.59. The van der Waals surface area contributed by atoms with Crippen molar-refractivity contribution in [1.82, 2.24) is 4.31 Å². The van der Waals surface area contributed by atoms with Crippen molar-refractivity contribution in [2.45, 2.75) is 24.3 Å². The third-order valence-corrected chi connectivity index (χ3v) is 6.03. The highest BCUT2D eigenvalue weighted by Crippen LogP contribution is 2.27. The molecule has 2 rings (SSSR count). The molecule has 0 unspecified atom stereocenters. The number of halogens is 1. The molecule has 1 heterocycles. The lowest BCUT2D eigenvalue weighted by atomic mass is 10.0. The van der Waals surface area contributed by atoms with Crippen LogP contribution in [0.1, 0.15) is 18.4 Å². The number of hydrogen-bond donors (Lipinski definition) is 1. The highest BCUT2D eigenvalue weighted by Gasteiger charge is 2.27. The zero-order chi connectivity index (χ0) is 15.5. The number of aliphatic hydroxyl groups excluding tert-OH is 1. The van der Waals surface area contributed by atoms with Crippen LogP contribution < -0.4 is 0 Å². The summed E-state index contributed by atoms with van der Waals surface area (Å²) in [6, 6.07) is 4.54. The first-order valence-corrected chi connectivity index (χ1v) is 8.70. The maximum atomic E-state index is 12.6. The Labute approximate surface area is 130 Å². The normalized spacial score (nSPS) is 17.3. The topological polar surface area (TPSA) is 66.8 Å². The molecule has 0 spiro atoms. The van der Waals surface area contributed by atoms with Crippen molar-refractivity contribution in [3.05, 3.63) is 28.8 Å². The average Bonchev–Trinajstić information content (AvgIpc) is 2.48. The molecule has 0 aromatic heterocycles. The van der Waals surface area contributed by atoms with Crippen molar-refractivity contribution in [2.75, 3.05) is 26.8 Å². The zero-order valence-electron chi connectivity index (χ0n) is 12.0. The molecule has 0 bridgehead atoms. The molecule has 0 atom stereocenters. The Morgan fingerprint density at radius 2 is 2.05 bits per heavy atom. The van der Waals surface area contributed by atoms with Gasteiger partial charge in [0.15, 0.2) is 0 Å². The Hall–Kier alpha value is -0.660. The first-order chi connectivity index (χ1) is 9.95. The van der Waals surface area contributed by atoms with E-state index in [1.54, 1.807) is 13.1 Å². The second kappa shape index (κ2) is 7.07. The summed E-state index contributed by atoms with van der Waals surface area (Å²) in [5.41, 5.74) is 0.525. The second-order valence-corrected chi connectivity index (χ2v) is 7.68. The van der Waals surface area contributed by atoms with E-state index in [-0.39, 0.29) is 16.5 Å². The number of ether oxygens (including phenoxy) is 1. The fourth-order valence-corrected chi connectivity index (χ4v) is 4.17. The fraction of sp³-hybridized carbons (Fsp3) is 0.571. The van der Waals surface area contributed by atoms with Crippen molar-refractivity contribution in [3.8, 4) is 0 Å². The van der Waals surface area contributed by atoms with E-state index in [9.17, 15) is 8.42 Å². The smallest absolute Gasteiger partial charge is 0.244 e. The highest BCUT2D eigenvalue weighted by atomic mass is 35.5. The Bertz CT molecular complexity index is 585. The zero-order valence-corrected chi connectivity index (χ0v) is 13.5. The molecule has 1 saturated heterocycles. The largest absolute Gasteiger partial charge is 0.392 e. The first kappa shape index (κ1) is 16.7. The van der Waals surface area contributed by atoms with E-state index in [0.717, 1.165) is 12.8 Å². The summed E-state index contributed by atoms with van der Waals surface area (Å²) < 4.78 is 31.9. The van der Waals surface area contributed by atoms with Crippen molar-refractivity contribution < 1.29 is 18.3 Å². The molecule has 1 aliphatic heterocycles. The van der Waals surface area contributed by atoms with Crippen LogP contribution in [0.2, 0.25) is 5.02 Å². The lowest BCUT2D eigenvalue weighted by Crippen LogP contribution is -2.34. The van der Waals surface area contributed by atoms with Gasteiger partial charge in [0.1, 0.15) is 4.90 Å². The van der Waals surface area contributed by atoms with Gasteiger partial charge in [0, 0.05) is 26.8 Å². The SMILES string of the molecule is CN(CC1CCOCC1)S(=O)(=O)c1cc(CO)ccc1Cl. The standard InChI is InChI=1S/C14H20ClNO4S/c1-16(9-11-4-6-20-7-5-11)21(18,19)14-8-12(10-17)2-3-13(14)15/h2-3,8,11,17H,4-7,9-10H2,1H3. The van der Waals surface area contributed by atoms with E-state index < -0.39 is 10.0 Å². The minimum absolute atomic E-state index is 0.0466. The van der Waals surface area contributed by atoms with Crippen molar-refractivity contribution in [3.63, 3.8) is 0 Å². The van der Waals surface area contributed by atoms with E-state index in [4.69, 9.17) is 21.4 Å². The van der Waals surface area contributed by atoms with Crippen LogP contribution in [0.5, 0.6) is 0 Å². The molecule has 5 nitrogen and oxygen atoms in total. The van der Waals surface area contributed by atoms with Crippen LogP contribution in [0, 0.1) is 5.92 Å². The molecular weight excluding hydrogens is 314 g/mol. The molecular formula is C14H20ClNO4S. The molecule has 1 fully saturated rings. The summed E-state index contributed by atoms with van der Waals surface area (Å²) in [4.78, 5) is 0.0466. The number of hydrogen-bond acceptors (Lipinski definition) is 4. The van der Waals surface area contributed by atoms with Crippen LogP contribution >= 0.6 is 11.6 Å². The fourth-order valence-electron chi connectivity index (χ4n) is 2.40. The molecule has 1 aliphatic rings. The van der Waals surface area contributed by atoms with Crippen LogP contribution in [-0.2, 0) is 21.4 Å². The number of rotatable bonds is 5. The lowest BCUT2D eigenvalue weighted by molar-refractivity contribution is 0.0620. The van der Waals surface area contributed by atoms with Crippen LogP contribution in [0.25, 0.3) is 0 Å². The van der Waals surface area contributed by atoms with Crippen molar-refractivity contribution in [2.24, 2.45) is 5.92 Å². The summed E-state index contributed by atoms with van der Waals surface area (Å²) in [5, 5.41) is 9.33. The van der Waals surface area contributed by atoms with Gasteiger partial charge in [-0.1, -0.05) is 17.7 Å². The Morgan fingerprint density at radius 3 is 2.67 bits per heavy atom. The Balaban J connectivity index is 2.20. The van der Waals surface area contributed by atoms with Gasteiger partial charge in [-0.2, -0.15) is 0 Å². The average molecular weight is 334 g/mol. The van der Waals surface area contributed by atoms with Gasteiger partial charge in [-0.25, -0.2) is 12.7 Å². The third-order valence-electron chi connectivity index (χ3n) is 3.72. The minimum Gasteiger partial charge on any atom is -0.392 e. The van der Waals surface area contributed by atoms with Crippen LogP contribution in [0.15, 0.2) is 23.1 Å². The minimum atomic E-state index is -3.65. The second-order valence-electron chi connectivity index (χ2n) is 5.26. The molecule has 118 valence electrons. The monoisotopic (exact) mass is 333 g/mol. The molecule has 0 aliphatic carbocycles. The first-order valence-electron chi connectivity index (χ1n) is 6.88. The van der Waals surface area contributed by atoms with E-state index >= 15 is 0 Å². The molecule has 1 aromatic carbocycles. The van der Waals surface area contributed by atoms with Crippen LogP contribution in [-0.4, -0.2) is 44.6 Å². The van der Waals surface area contributed by atoms with Gasteiger partial charge in [-0.3, -0.25) is 0 Å². The van der Waals surface area contributed by atoms with E-state index in [2.05, 4.69) is 0 Å². The number of nitrogens with zero attached hydrogens (tertiary/aromatic N) is 1. The Morgan fingerprint density at radius 1 is 1.38 bits per heavy atom. The summed E-state index contributed by atoms with van der Waals surface area (Å²) in [6.07, 6.45) is 1.73. The third kappa shape index (κ3) is 3.96. The lowest BCUT2D eigenvalue weighted by Gasteiger charge is -2.27. The summed E-state index contributed by atoms with van der Waals surface area (Å²) in [5.74, 6) is 0.304. The van der Waals surface area contributed by atoms with Crippen LogP contribution in [0.3, 0.4) is 0 Å². The summed E-state index contributed by atoms with van der Waals surface area (Å²) >= 11 is 6.02. The number of sulfonamides is 1. The number of aliphatic hydroxyl groups is 1. The Kier molecular flexibility index (Phi) is 5.62. The molecule has 1 aromatic rings. The maximum absolute atomic E-state index is 12.6. The van der Waals surface area contributed by atoms with Gasteiger partial charge >= 0.3 is 0 Å².